The van der Waals surface area contributed by atoms with Gasteiger partial charge in [0, 0.05) is 23.3 Å². The van der Waals surface area contributed by atoms with Crippen molar-refractivity contribution in [3.63, 3.8) is 0 Å². The van der Waals surface area contributed by atoms with E-state index in [0.717, 1.165) is 11.3 Å². The van der Waals surface area contributed by atoms with Gasteiger partial charge in [0.25, 0.3) is 0 Å². The zero-order valence-corrected chi connectivity index (χ0v) is 13.5. The van der Waals surface area contributed by atoms with Gasteiger partial charge in [0.2, 0.25) is 10.0 Å². The van der Waals surface area contributed by atoms with Crippen molar-refractivity contribution in [3.8, 4) is 11.3 Å². The Morgan fingerprint density at radius 3 is 2.77 bits per heavy atom. The third-order valence-corrected chi connectivity index (χ3v) is 5.59. The van der Waals surface area contributed by atoms with Crippen molar-refractivity contribution in [1.29, 1.82) is 0 Å². The van der Waals surface area contributed by atoms with Gasteiger partial charge >= 0.3 is 0 Å². The van der Waals surface area contributed by atoms with Crippen molar-refractivity contribution in [1.82, 2.24) is 19.9 Å². The second-order valence-electron chi connectivity index (χ2n) is 4.37. The van der Waals surface area contributed by atoms with Gasteiger partial charge in [-0.2, -0.15) is 5.10 Å². The summed E-state index contributed by atoms with van der Waals surface area (Å²) in [5, 5.41) is 9.28. The van der Waals surface area contributed by atoms with Crippen LogP contribution in [-0.2, 0) is 16.6 Å². The van der Waals surface area contributed by atoms with Gasteiger partial charge in [0.15, 0.2) is 0 Å². The number of hydrogen-bond donors (Lipinski definition) is 2. The van der Waals surface area contributed by atoms with Gasteiger partial charge < -0.3 is 0 Å². The number of sulfonamides is 1. The van der Waals surface area contributed by atoms with Crippen LogP contribution < -0.4 is 4.72 Å². The van der Waals surface area contributed by atoms with Crippen LogP contribution in [0.2, 0.25) is 5.02 Å². The molecule has 3 rings (SSSR count). The first-order valence-electron chi connectivity index (χ1n) is 6.23. The zero-order valence-electron chi connectivity index (χ0n) is 11.2. The third kappa shape index (κ3) is 3.20. The molecule has 0 saturated heterocycles. The topological polar surface area (TPSA) is 87.7 Å². The van der Waals surface area contributed by atoms with Gasteiger partial charge in [0.1, 0.15) is 9.90 Å². The molecular weight excluding hydrogens is 344 g/mol. The van der Waals surface area contributed by atoms with Crippen LogP contribution in [0.1, 0.15) is 5.01 Å². The minimum Gasteiger partial charge on any atom is -0.278 e. The molecule has 0 spiro atoms. The molecule has 22 heavy (non-hydrogen) atoms. The number of rotatable bonds is 5. The van der Waals surface area contributed by atoms with E-state index in [-0.39, 0.29) is 16.5 Å². The molecule has 9 heteroatoms. The predicted molar refractivity (Wildman–Crippen MR) is 85.2 cm³/mol. The molecule has 2 heterocycles. The second kappa shape index (κ2) is 6.17. The molecule has 0 bridgehead atoms. The minimum atomic E-state index is -3.69. The average molecular weight is 355 g/mol. The molecule has 0 unspecified atom stereocenters. The van der Waals surface area contributed by atoms with E-state index < -0.39 is 10.0 Å². The van der Waals surface area contributed by atoms with Crippen molar-refractivity contribution in [2.75, 3.05) is 0 Å². The number of aromatic nitrogens is 3. The highest BCUT2D eigenvalue weighted by Crippen LogP contribution is 2.27. The van der Waals surface area contributed by atoms with Crippen LogP contribution in [0.25, 0.3) is 11.3 Å². The van der Waals surface area contributed by atoms with Gasteiger partial charge in [0.05, 0.1) is 17.3 Å². The Labute approximate surface area is 136 Å². The summed E-state index contributed by atoms with van der Waals surface area (Å²) in [4.78, 5) is 4.07. The highest BCUT2D eigenvalue weighted by Gasteiger charge is 2.18. The fourth-order valence-electron chi connectivity index (χ4n) is 1.88. The Balaban J connectivity index is 1.84. The number of hydrogen-bond acceptors (Lipinski definition) is 5. The van der Waals surface area contributed by atoms with Crippen molar-refractivity contribution >= 4 is 33.0 Å². The monoisotopic (exact) mass is 354 g/mol. The first-order valence-corrected chi connectivity index (χ1v) is 8.98. The maximum absolute atomic E-state index is 12.3. The number of H-pyrrole nitrogens is 1. The van der Waals surface area contributed by atoms with Crippen LogP contribution in [0.4, 0.5) is 0 Å². The van der Waals surface area contributed by atoms with E-state index in [2.05, 4.69) is 19.9 Å². The van der Waals surface area contributed by atoms with E-state index in [0.29, 0.717) is 5.01 Å². The van der Waals surface area contributed by atoms with E-state index >= 15 is 0 Å². The SMILES string of the molecule is O=S(=O)(NCc1nccs1)c1ccc(-c2ccn[nH]2)cc1Cl. The van der Waals surface area contributed by atoms with Crippen LogP contribution in [-0.4, -0.2) is 23.6 Å². The molecule has 0 aliphatic carbocycles. The van der Waals surface area contributed by atoms with E-state index in [1.54, 1.807) is 36.0 Å². The highest BCUT2D eigenvalue weighted by molar-refractivity contribution is 7.89. The lowest BCUT2D eigenvalue weighted by atomic mass is 10.2. The average Bonchev–Trinajstić information content (AvgIpc) is 3.18. The van der Waals surface area contributed by atoms with E-state index in [9.17, 15) is 8.42 Å². The summed E-state index contributed by atoms with van der Waals surface area (Å²) in [6, 6.07) is 6.52. The maximum Gasteiger partial charge on any atom is 0.242 e. The molecule has 0 radical (unpaired) electrons. The molecule has 2 N–H and O–H groups in total. The molecule has 0 aliphatic rings. The Morgan fingerprint density at radius 2 is 2.14 bits per heavy atom. The van der Waals surface area contributed by atoms with Crippen molar-refractivity contribution in [3.05, 3.63) is 52.1 Å². The predicted octanol–water partition coefficient (Wildman–Crippen LogP) is 2.67. The maximum atomic E-state index is 12.3. The lowest BCUT2D eigenvalue weighted by molar-refractivity contribution is 0.581. The van der Waals surface area contributed by atoms with Crippen LogP contribution in [0.15, 0.2) is 46.9 Å². The quantitative estimate of drug-likeness (QED) is 0.737. The van der Waals surface area contributed by atoms with Crippen LogP contribution in [0.3, 0.4) is 0 Å². The number of halogens is 1. The smallest absolute Gasteiger partial charge is 0.242 e. The summed E-state index contributed by atoms with van der Waals surface area (Å²) in [5.41, 5.74) is 1.53. The fourth-order valence-corrected chi connectivity index (χ4v) is 4.06. The summed E-state index contributed by atoms with van der Waals surface area (Å²) in [6.45, 7) is 0.138. The number of benzene rings is 1. The normalized spacial score (nSPS) is 11.7. The number of aromatic amines is 1. The molecular formula is C13H11ClN4O2S2. The van der Waals surface area contributed by atoms with Crippen molar-refractivity contribution < 1.29 is 8.42 Å². The minimum absolute atomic E-state index is 0.0361. The summed E-state index contributed by atoms with van der Waals surface area (Å²) in [7, 11) is -3.69. The molecule has 0 aliphatic heterocycles. The molecule has 3 aromatic rings. The van der Waals surface area contributed by atoms with Gasteiger partial charge in [-0.3, -0.25) is 5.10 Å². The molecule has 114 valence electrons. The van der Waals surface area contributed by atoms with E-state index in [4.69, 9.17) is 11.6 Å². The van der Waals surface area contributed by atoms with E-state index in [1.807, 2.05) is 0 Å². The van der Waals surface area contributed by atoms with Crippen molar-refractivity contribution in [2.24, 2.45) is 0 Å². The largest absolute Gasteiger partial charge is 0.278 e. The molecule has 0 saturated carbocycles. The summed E-state index contributed by atoms with van der Waals surface area (Å²) in [5.74, 6) is 0. The molecule has 6 nitrogen and oxygen atoms in total. The zero-order chi connectivity index (χ0) is 15.6. The molecule has 0 amide bonds. The van der Waals surface area contributed by atoms with Crippen LogP contribution in [0, 0.1) is 0 Å². The van der Waals surface area contributed by atoms with Gasteiger partial charge in [-0.05, 0) is 18.2 Å². The first kappa shape index (κ1) is 15.2. The molecule has 1 aromatic carbocycles. The van der Waals surface area contributed by atoms with E-state index in [1.165, 1.54) is 17.4 Å². The van der Waals surface area contributed by atoms with Crippen LogP contribution >= 0.6 is 22.9 Å². The number of thiazole rings is 1. The first-order chi connectivity index (χ1) is 10.6. The van der Waals surface area contributed by atoms with Crippen LogP contribution in [0.5, 0.6) is 0 Å². The molecule has 0 atom stereocenters. The Bertz CT molecular complexity index is 862. The van der Waals surface area contributed by atoms with Gasteiger partial charge in [-0.15, -0.1) is 11.3 Å². The lowest BCUT2D eigenvalue weighted by Crippen LogP contribution is -2.23. The summed E-state index contributed by atoms with van der Waals surface area (Å²) >= 11 is 7.51. The molecule has 2 aromatic heterocycles. The number of nitrogens with zero attached hydrogens (tertiary/aromatic N) is 2. The van der Waals surface area contributed by atoms with Gasteiger partial charge in [-0.25, -0.2) is 18.1 Å². The second-order valence-corrected chi connectivity index (χ2v) is 7.49. The Kier molecular flexibility index (Phi) is 4.25. The molecule has 0 fully saturated rings. The highest BCUT2D eigenvalue weighted by atomic mass is 35.5. The number of nitrogens with one attached hydrogen (secondary N) is 2. The lowest BCUT2D eigenvalue weighted by Gasteiger charge is -2.08. The van der Waals surface area contributed by atoms with Crippen molar-refractivity contribution in [2.45, 2.75) is 11.4 Å². The Morgan fingerprint density at radius 1 is 1.27 bits per heavy atom. The standard InChI is InChI=1S/C13H11ClN4O2S2/c14-10-7-9(11-3-4-16-18-11)1-2-12(10)22(19,20)17-8-13-15-5-6-21-13/h1-7,17H,8H2,(H,16,18). The Hall–Kier alpha value is -1.74. The van der Waals surface area contributed by atoms with Gasteiger partial charge in [-0.1, -0.05) is 17.7 Å². The third-order valence-electron chi connectivity index (χ3n) is 2.93. The summed E-state index contributed by atoms with van der Waals surface area (Å²) < 4.78 is 27.1. The summed E-state index contributed by atoms with van der Waals surface area (Å²) in [6.07, 6.45) is 3.24. The fraction of sp³-hybridized carbons (Fsp3) is 0.0769.